The number of piperidine rings is 1. The Bertz CT molecular complexity index is 1240. The molecule has 0 bridgehead atoms. The molecule has 5 rings (SSSR count). The lowest BCUT2D eigenvalue weighted by Crippen LogP contribution is -2.51. The van der Waals surface area contributed by atoms with Crippen molar-refractivity contribution >= 4 is 16.8 Å². The van der Waals surface area contributed by atoms with Crippen LogP contribution < -0.4 is 11.1 Å². The molecule has 0 radical (unpaired) electrons. The van der Waals surface area contributed by atoms with Gasteiger partial charge in [-0.15, -0.1) is 0 Å². The second kappa shape index (κ2) is 10.8. The molecule has 2 aliphatic heterocycles. The lowest BCUT2D eigenvalue weighted by Gasteiger charge is -2.41. The van der Waals surface area contributed by atoms with Gasteiger partial charge in [0, 0.05) is 31.4 Å². The van der Waals surface area contributed by atoms with Crippen molar-refractivity contribution in [2.75, 3.05) is 32.8 Å². The third-order valence-electron chi connectivity index (χ3n) is 7.31. The van der Waals surface area contributed by atoms with Crippen LogP contribution >= 0.6 is 0 Å². The predicted octanol–water partition coefficient (Wildman–Crippen LogP) is 1.61. The molecule has 2 atom stereocenters. The van der Waals surface area contributed by atoms with Crippen LogP contribution in [0.5, 0.6) is 0 Å². The number of aliphatic hydroxyl groups is 1. The van der Waals surface area contributed by atoms with Crippen LogP contribution in [0.1, 0.15) is 24.4 Å². The average Bonchev–Trinajstić information content (AvgIpc) is 3.31. The minimum atomic E-state index is -1.31. The van der Waals surface area contributed by atoms with E-state index in [9.17, 15) is 15.2 Å². The Hall–Kier alpha value is -3.29. The number of amides is 1. The second-order valence-electron chi connectivity index (χ2n) is 9.66. The molecule has 0 saturated carbocycles. The average molecular weight is 489 g/mol. The Morgan fingerprint density at radius 1 is 1.17 bits per heavy atom. The number of aromatic nitrogens is 2. The van der Waals surface area contributed by atoms with E-state index >= 15 is 0 Å². The van der Waals surface area contributed by atoms with Gasteiger partial charge in [0.1, 0.15) is 12.1 Å². The Kier molecular flexibility index (Phi) is 7.30. The van der Waals surface area contributed by atoms with Gasteiger partial charge in [0.25, 0.3) is 5.91 Å². The highest BCUT2D eigenvalue weighted by atomic mass is 16.5. The van der Waals surface area contributed by atoms with E-state index in [0.29, 0.717) is 18.5 Å². The predicted molar refractivity (Wildman–Crippen MR) is 136 cm³/mol. The molecule has 3 heterocycles. The molecule has 2 fully saturated rings. The fourth-order valence-corrected chi connectivity index (χ4v) is 5.01. The fourth-order valence-electron chi connectivity index (χ4n) is 5.01. The first-order valence-electron chi connectivity index (χ1n) is 12.5. The normalized spacial score (nSPS) is 18.9. The number of nitriles is 1. The van der Waals surface area contributed by atoms with Gasteiger partial charge < -0.3 is 20.9 Å². The quantitative estimate of drug-likeness (QED) is 0.439. The van der Waals surface area contributed by atoms with E-state index in [-0.39, 0.29) is 6.54 Å². The minimum absolute atomic E-state index is 0.184. The van der Waals surface area contributed by atoms with Gasteiger partial charge in [0.15, 0.2) is 0 Å². The van der Waals surface area contributed by atoms with Gasteiger partial charge in [-0.1, -0.05) is 36.4 Å². The highest BCUT2D eigenvalue weighted by Crippen LogP contribution is 2.31. The molecule has 0 aliphatic carbocycles. The van der Waals surface area contributed by atoms with Gasteiger partial charge in [-0.05, 0) is 35.6 Å². The van der Waals surface area contributed by atoms with Crippen LogP contribution in [0.2, 0.25) is 0 Å². The van der Waals surface area contributed by atoms with Crippen LogP contribution in [0.3, 0.4) is 0 Å². The van der Waals surface area contributed by atoms with Gasteiger partial charge >= 0.3 is 0 Å². The summed E-state index contributed by atoms with van der Waals surface area (Å²) in [6, 6.07) is 16.7. The Morgan fingerprint density at radius 2 is 1.89 bits per heavy atom. The van der Waals surface area contributed by atoms with Gasteiger partial charge in [-0.2, -0.15) is 10.4 Å². The van der Waals surface area contributed by atoms with Crippen molar-refractivity contribution in [2.45, 2.75) is 43.5 Å². The van der Waals surface area contributed by atoms with Gasteiger partial charge in [-0.25, -0.2) is 0 Å². The monoisotopic (exact) mass is 488 g/mol. The Morgan fingerprint density at radius 3 is 2.53 bits per heavy atom. The summed E-state index contributed by atoms with van der Waals surface area (Å²) in [7, 11) is 0. The van der Waals surface area contributed by atoms with Crippen LogP contribution in [0.4, 0.5) is 0 Å². The van der Waals surface area contributed by atoms with Gasteiger partial charge in [0.2, 0.25) is 0 Å². The Labute approximate surface area is 210 Å². The van der Waals surface area contributed by atoms with E-state index in [2.05, 4.69) is 39.2 Å². The maximum atomic E-state index is 11.9. The van der Waals surface area contributed by atoms with E-state index in [1.807, 2.05) is 30.5 Å². The number of carbonyl (C=O) groups is 1. The molecule has 3 aromatic rings. The first-order chi connectivity index (χ1) is 17.6. The molecule has 2 aliphatic rings. The smallest absolute Gasteiger partial charge is 0.251 e. The Balaban J connectivity index is 1.27. The number of nitrogens with two attached hydrogens (primary N) is 1. The van der Waals surface area contributed by atoms with Crippen LogP contribution in [-0.4, -0.2) is 76.7 Å². The maximum absolute atomic E-state index is 11.9. The van der Waals surface area contributed by atoms with Crippen molar-refractivity contribution in [3.63, 3.8) is 0 Å². The zero-order valence-electron chi connectivity index (χ0n) is 20.2. The van der Waals surface area contributed by atoms with Crippen molar-refractivity contribution in [1.82, 2.24) is 20.0 Å². The zero-order valence-corrected chi connectivity index (χ0v) is 20.2. The molecule has 36 heavy (non-hydrogen) atoms. The summed E-state index contributed by atoms with van der Waals surface area (Å²) in [5, 5.41) is 27.4. The number of rotatable bonds is 8. The standard InChI is InChI=1S/C27H32N6O3/c28-13-22(31-27(35)26(34)14-29)11-18-1-3-19(4-2-18)20-5-6-21-15-30-33(25(21)12-20)23-7-9-32(10-8-23)24-16-36-17-24/h1-6,12,15,22-24,26,34H,7-11,14,16-17,29H2,(H,31,35)/t22-,26-/m0/s1. The summed E-state index contributed by atoms with van der Waals surface area (Å²) in [5.74, 6) is -0.631. The van der Waals surface area contributed by atoms with Gasteiger partial charge in [-0.3, -0.25) is 14.4 Å². The highest BCUT2D eigenvalue weighted by Gasteiger charge is 2.30. The van der Waals surface area contributed by atoms with Crippen LogP contribution in [0, 0.1) is 11.3 Å². The molecule has 9 nitrogen and oxygen atoms in total. The summed E-state index contributed by atoms with van der Waals surface area (Å²) < 4.78 is 7.55. The SMILES string of the molecule is N#C[C@H](Cc1ccc(-c2ccc3cnn(C4CCN(C5COC5)CC4)c3c2)cc1)NC(=O)[C@@H](O)CN. The number of aliphatic hydroxyl groups excluding tert-OH is 1. The number of carbonyl (C=O) groups excluding carboxylic acids is 1. The third-order valence-corrected chi connectivity index (χ3v) is 7.31. The third kappa shape index (κ3) is 5.13. The molecule has 9 heteroatoms. The number of hydrogen-bond acceptors (Lipinski definition) is 7. The molecule has 0 spiro atoms. The molecule has 4 N–H and O–H groups in total. The highest BCUT2D eigenvalue weighted by molar-refractivity contribution is 5.84. The molecule has 2 saturated heterocycles. The van der Waals surface area contributed by atoms with Crippen LogP contribution in [0.25, 0.3) is 22.0 Å². The molecule has 188 valence electrons. The molecular formula is C27H32N6O3. The molecule has 1 amide bonds. The fraction of sp³-hybridized carbons (Fsp3) is 0.444. The van der Waals surface area contributed by atoms with Crippen molar-refractivity contribution in [3.8, 4) is 17.2 Å². The lowest BCUT2D eigenvalue weighted by atomic mass is 9.99. The van der Waals surface area contributed by atoms with E-state index in [4.69, 9.17) is 15.6 Å². The molecular weight excluding hydrogens is 456 g/mol. The zero-order chi connectivity index (χ0) is 25.1. The number of likely N-dealkylation sites (tertiary alicyclic amines) is 1. The van der Waals surface area contributed by atoms with Crippen molar-refractivity contribution in [2.24, 2.45) is 5.73 Å². The van der Waals surface area contributed by atoms with Gasteiger partial charge in [0.05, 0.1) is 43.1 Å². The molecule has 0 unspecified atom stereocenters. The first kappa shape index (κ1) is 24.4. The van der Waals surface area contributed by atoms with Crippen molar-refractivity contribution in [3.05, 3.63) is 54.2 Å². The van der Waals surface area contributed by atoms with E-state index in [1.165, 1.54) is 0 Å². The number of hydrogen-bond donors (Lipinski definition) is 3. The second-order valence-corrected chi connectivity index (χ2v) is 9.66. The minimum Gasteiger partial charge on any atom is -0.382 e. The number of fused-ring (bicyclic) bond motifs is 1. The summed E-state index contributed by atoms with van der Waals surface area (Å²) in [4.78, 5) is 14.4. The first-order valence-corrected chi connectivity index (χ1v) is 12.5. The van der Waals surface area contributed by atoms with Crippen molar-refractivity contribution < 1.29 is 14.6 Å². The number of nitrogens with zero attached hydrogens (tertiary/aromatic N) is 4. The number of ether oxygens (including phenoxy) is 1. The largest absolute Gasteiger partial charge is 0.382 e. The maximum Gasteiger partial charge on any atom is 0.251 e. The summed E-state index contributed by atoms with van der Waals surface area (Å²) >= 11 is 0. The van der Waals surface area contributed by atoms with E-state index in [1.54, 1.807) is 0 Å². The van der Waals surface area contributed by atoms with Crippen LogP contribution in [-0.2, 0) is 16.0 Å². The van der Waals surface area contributed by atoms with E-state index in [0.717, 1.165) is 66.7 Å². The summed E-state index contributed by atoms with van der Waals surface area (Å²) in [5.41, 5.74) is 9.56. The lowest BCUT2D eigenvalue weighted by molar-refractivity contribution is -0.129. The van der Waals surface area contributed by atoms with E-state index < -0.39 is 18.1 Å². The summed E-state index contributed by atoms with van der Waals surface area (Å²) in [6.45, 7) is 3.70. The molecule has 2 aromatic carbocycles. The summed E-state index contributed by atoms with van der Waals surface area (Å²) in [6.07, 6.45) is 3.16. The molecule has 1 aromatic heterocycles. The number of nitrogens with one attached hydrogen (secondary N) is 1. The topological polar surface area (TPSA) is 129 Å². The van der Waals surface area contributed by atoms with Crippen molar-refractivity contribution in [1.29, 1.82) is 5.26 Å². The number of benzene rings is 2. The van der Waals surface area contributed by atoms with Crippen LogP contribution in [0.15, 0.2) is 48.7 Å².